The predicted octanol–water partition coefficient (Wildman–Crippen LogP) is 2.74. The summed E-state index contributed by atoms with van der Waals surface area (Å²) in [4.78, 5) is 0. The van der Waals surface area contributed by atoms with Crippen molar-refractivity contribution in [2.45, 2.75) is 78.6 Å². The van der Waals surface area contributed by atoms with Crippen molar-refractivity contribution in [3.63, 3.8) is 0 Å². The predicted molar refractivity (Wildman–Crippen MR) is 68.6 cm³/mol. The lowest BCUT2D eigenvalue weighted by Crippen LogP contribution is -2.16. The normalized spacial score (nSPS) is 15.9. The first kappa shape index (κ1) is 18.3. The number of aliphatic hydroxyl groups is 2. The molecule has 0 heterocycles. The molecular weight excluding hydrogens is 204 g/mol. The molecule has 100 valence electrons. The first-order valence-corrected chi connectivity index (χ1v) is 6.42. The van der Waals surface area contributed by atoms with Crippen LogP contribution in [0.2, 0.25) is 0 Å². The molecule has 0 amide bonds. The van der Waals surface area contributed by atoms with Crippen LogP contribution in [0.25, 0.3) is 0 Å². The minimum Gasteiger partial charge on any atom is -0.394 e. The van der Waals surface area contributed by atoms with Crippen LogP contribution >= 0.6 is 0 Å². The van der Waals surface area contributed by atoms with Crippen LogP contribution in [-0.4, -0.2) is 35.1 Å². The van der Waals surface area contributed by atoms with E-state index in [2.05, 4.69) is 27.7 Å². The number of aliphatic hydroxyl groups excluding tert-OH is 2. The highest BCUT2D eigenvalue weighted by atomic mass is 16.5. The molecule has 0 saturated carbocycles. The molecule has 0 saturated heterocycles. The third kappa shape index (κ3) is 16.3. The number of ether oxygens (including phenoxy) is 1. The summed E-state index contributed by atoms with van der Waals surface area (Å²) < 4.78 is 5.73. The lowest BCUT2D eigenvalue weighted by molar-refractivity contribution is -0.000491. The van der Waals surface area contributed by atoms with Crippen molar-refractivity contribution in [3.8, 4) is 0 Å². The van der Waals surface area contributed by atoms with Gasteiger partial charge in [0.15, 0.2) is 0 Å². The standard InChI is InChI=1S/C10H22O.C3H8O2/c1-5-7-9(3)11-10(4)8-6-2;1-3(5)2-4/h9-10H,5-8H2,1-4H3;3-5H,2H2,1H3. The van der Waals surface area contributed by atoms with Crippen molar-refractivity contribution in [3.05, 3.63) is 0 Å². The minimum atomic E-state index is -0.560. The Balaban J connectivity index is 0. The summed E-state index contributed by atoms with van der Waals surface area (Å²) in [6.07, 6.45) is 5.15. The van der Waals surface area contributed by atoms with Crippen molar-refractivity contribution in [1.29, 1.82) is 0 Å². The quantitative estimate of drug-likeness (QED) is 0.712. The van der Waals surface area contributed by atoms with Crippen LogP contribution in [0.1, 0.15) is 60.3 Å². The van der Waals surface area contributed by atoms with Gasteiger partial charge in [-0.1, -0.05) is 26.7 Å². The van der Waals surface area contributed by atoms with Crippen LogP contribution < -0.4 is 0 Å². The van der Waals surface area contributed by atoms with E-state index in [9.17, 15) is 0 Å². The molecule has 0 aliphatic rings. The fourth-order valence-electron chi connectivity index (χ4n) is 1.35. The van der Waals surface area contributed by atoms with Gasteiger partial charge in [-0.3, -0.25) is 0 Å². The van der Waals surface area contributed by atoms with Crippen LogP contribution in [-0.2, 0) is 4.74 Å². The van der Waals surface area contributed by atoms with Crippen molar-refractivity contribution in [2.75, 3.05) is 6.61 Å². The maximum atomic E-state index is 8.11. The summed E-state index contributed by atoms with van der Waals surface area (Å²) in [6, 6.07) is 0. The highest BCUT2D eigenvalue weighted by Gasteiger charge is 2.05. The second-order valence-corrected chi connectivity index (χ2v) is 4.37. The molecule has 0 aliphatic heterocycles. The maximum Gasteiger partial charge on any atom is 0.0742 e. The van der Waals surface area contributed by atoms with Crippen molar-refractivity contribution in [2.24, 2.45) is 0 Å². The first-order chi connectivity index (χ1) is 7.47. The van der Waals surface area contributed by atoms with Gasteiger partial charge in [0.05, 0.1) is 24.9 Å². The first-order valence-electron chi connectivity index (χ1n) is 6.42. The third-order valence-corrected chi connectivity index (χ3v) is 2.12. The van der Waals surface area contributed by atoms with Gasteiger partial charge in [-0.05, 0) is 33.6 Å². The van der Waals surface area contributed by atoms with Gasteiger partial charge in [-0.25, -0.2) is 0 Å². The topological polar surface area (TPSA) is 49.7 Å². The minimum absolute atomic E-state index is 0.139. The van der Waals surface area contributed by atoms with E-state index in [1.807, 2.05) is 0 Å². The maximum absolute atomic E-state index is 8.11. The smallest absolute Gasteiger partial charge is 0.0742 e. The molecular formula is C13H30O3. The van der Waals surface area contributed by atoms with Crippen molar-refractivity contribution >= 4 is 0 Å². The third-order valence-electron chi connectivity index (χ3n) is 2.12. The van der Waals surface area contributed by atoms with Crippen LogP contribution in [0.4, 0.5) is 0 Å². The van der Waals surface area contributed by atoms with Crippen LogP contribution in [0.3, 0.4) is 0 Å². The van der Waals surface area contributed by atoms with Crippen LogP contribution in [0, 0.1) is 0 Å². The van der Waals surface area contributed by atoms with E-state index in [0.29, 0.717) is 12.2 Å². The Morgan fingerprint density at radius 2 is 1.25 bits per heavy atom. The average Bonchev–Trinajstić information content (AvgIpc) is 2.19. The fraction of sp³-hybridized carbons (Fsp3) is 1.00. The van der Waals surface area contributed by atoms with E-state index < -0.39 is 6.10 Å². The number of rotatable bonds is 7. The Morgan fingerprint density at radius 3 is 1.44 bits per heavy atom. The Kier molecular flexibility index (Phi) is 14.8. The van der Waals surface area contributed by atoms with Gasteiger partial charge >= 0.3 is 0 Å². The van der Waals surface area contributed by atoms with E-state index in [0.717, 1.165) is 0 Å². The summed E-state index contributed by atoms with van der Waals surface area (Å²) in [5.41, 5.74) is 0. The highest BCUT2D eigenvalue weighted by molar-refractivity contribution is 4.54. The Bertz CT molecular complexity index is 116. The lowest BCUT2D eigenvalue weighted by atomic mass is 10.2. The van der Waals surface area contributed by atoms with Gasteiger partial charge in [0.25, 0.3) is 0 Å². The average molecular weight is 234 g/mol. The molecule has 0 aromatic rings. The molecule has 0 spiro atoms. The fourth-order valence-corrected chi connectivity index (χ4v) is 1.35. The summed E-state index contributed by atoms with van der Waals surface area (Å²) in [5, 5.41) is 16.0. The molecule has 0 rings (SSSR count). The SMILES string of the molecule is CC(O)CO.CCCC(C)OC(C)CCC. The molecule has 0 radical (unpaired) electrons. The molecule has 0 fully saturated rings. The Morgan fingerprint density at radius 1 is 0.938 bits per heavy atom. The van der Waals surface area contributed by atoms with E-state index in [-0.39, 0.29) is 6.61 Å². The molecule has 0 aliphatic carbocycles. The van der Waals surface area contributed by atoms with Crippen LogP contribution in [0.15, 0.2) is 0 Å². The molecule has 16 heavy (non-hydrogen) atoms. The Hall–Kier alpha value is -0.120. The van der Waals surface area contributed by atoms with Gasteiger partial charge in [0.2, 0.25) is 0 Å². The highest BCUT2D eigenvalue weighted by Crippen LogP contribution is 2.08. The van der Waals surface area contributed by atoms with E-state index in [4.69, 9.17) is 14.9 Å². The second kappa shape index (κ2) is 12.9. The molecule has 0 bridgehead atoms. The summed E-state index contributed by atoms with van der Waals surface area (Å²) in [5.74, 6) is 0. The number of hydrogen-bond acceptors (Lipinski definition) is 3. The largest absolute Gasteiger partial charge is 0.394 e. The van der Waals surface area contributed by atoms with E-state index in [1.54, 1.807) is 0 Å². The lowest BCUT2D eigenvalue weighted by Gasteiger charge is -2.17. The zero-order chi connectivity index (χ0) is 13.0. The molecule has 3 unspecified atom stereocenters. The zero-order valence-corrected chi connectivity index (χ0v) is 11.6. The van der Waals surface area contributed by atoms with E-state index >= 15 is 0 Å². The van der Waals surface area contributed by atoms with E-state index in [1.165, 1.54) is 32.6 Å². The van der Waals surface area contributed by atoms with Crippen LogP contribution in [0.5, 0.6) is 0 Å². The molecule has 0 aromatic heterocycles. The molecule has 3 heteroatoms. The summed E-state index contributed by atoms with van der Waals surface area (Å²) >= 11 is 0. The second-order valence-electron chi connectivity index (χ2n) is 4.37. The summed E-state index contributed by atoms with van der Waals surface area (Å²) in [6.45, 7) is 10.1. The van der Waals surface area contributed by atoms with Gasteiger partial charge in [-0.2, -0.15) is 0 Å². The van der Waals surface area contributed by atoms with Gasteiger partial charge in [0, 0.05) is 0 Å². The van der Waals surface area contributed by atoms with Crippen molar-refractivity contribution in [1.82, 2.24) is 0 Å². The molecule has 0 aromatic carbocycles. The summed E-state index contributed by atoms with van der Waals surface area (Å²) in [7, 11) is 0. The Labute approximate surface area is 101 Å². The van der Waals surface area contributed by atoms with Gasteiger partial charge in [-0.15, -0.1) is 0 Å². The number of hydrogen-bond donors (Lipinski definition) is 2. The molecule has 2 N–H and O–H groups in total. The van der Waals surface area contributed by atoms with Gasteiger partial charge in [0.1, 0.15) is 0 Å². The van der Waals surface area contributed by atoms with Gasteiger partial charge < -0.3 is 14.9 Å². The monoisotopic (exact) mass is 234 g/mol. The van der Waals surface area contributed by atoms with Crippen molar-refractivity contribution < 1.29 is 14.9 Å². The zero-order valence-electron chi connectivity index (χ0n) is 11.6. The molecule has 3 nitrogen and oxygen atoms in total. The molecule has 3 atom stereocenters.